The van der Waals surface area contributed by atoms with E-state index in [9.17, 15) is 9.59 Å². The van der Waals surface area contributed by atoms with Crippen molar-refractivity contribution < 1.29 is 9.59 Å². The van der Waals surface area contributed by atoms with Gasteiger partial charge in [0.1, 0.15) is 0 Å². The lowest BCUT2D eigenvalue weighted by atomic mass is 9.99. The van der Waals surface area contributed by atoms with Crippen molar-refractivity contribution in [2.75, 3.05) is 6.54 Å². The number of ketones is 1. The van der Waals surface area contributed by atoms with Crippen LogP contribution < -0.4 is 0 Å². The number of hydrogen-bond donors (Lipinski definition) is 0. The van der Waals surface area contributed by atoms with Crippen molar-refractivity contribution in [2.24, 2.45) is 0 Å². The monoisotopic (exact) mass is 325 g/mol. The maximum Gasteiger partial charge on any atom is 0.295 e. The first-order valence-corrected chi connectivity index (χ1v) is 9.06. The quantitative estimate of drug-likeness (QED) is 0.625. The van der Waals surface area contributed by atoms with Crippen LogP contribution in [0.3, 0.4) is 0 Å². The molecule has 0 saturated heterocycles. The molecule has 1 atom stereocenters. The fraction of sp³-hybridized carbons (Fsp3) is 0.368. The number of fused-ring (bicyclic) bond motifs is 2. The SMILES string of the molecule is C[C@@H]1c2ccsc2CCN1C(=O)C(=O)c1ccc2c(c1)CCC2. The number of thiophene rings is 1. The van der Waals surface area contributed by atoms with Gasteiger partial charge in [0.25, 0.3) is 5.91 Å². The summed E-state index contributed by atoms with van der Waals surface area (Å²) in [7, 11) is 0. The maximum absolute atomic E-state index is 12.7. The van der Waals surface area contributed by atoms with E-state index < -0.39 is 0 Å². The molecule has 3 nitrogen and oxygen atoms in total. The second kappa shape index (κ2) is 5.60. The molecule has 1 amide bonds. The normalized spacial score (nSPS) is 19.3. The van der Waals surface area contributed by atoms with E-state index in [0.29, 0.717) is 12.1 Å². The summed E-state index contributed by atoms with van der Waals surface area (Å²) in [4.78, 5) is 28.4. The average molecular weight is 325 g/mol. The van der Waals surface area contributed by atoms with Crippen LogP contribution in [-0.4, -0.2) is 23.1 Å². The molecule has 2 aromatic rings. The summed E-state index contributed by atoms with van der Waals surface area (Å²) >= 11 is 1.74. The topological polar surface area (TPSA) is 37.4 Å². The third kappa shape index (κ3) is 2.41. The predicted octanol–water partition coefficient (Wildman–Crippen LogP) is 3.57. The van der Waals surface area contributed by atoms with E-state index in [1.807, 2.05) is 25.1 Å². The van der Waals surface area contributed by atoms with Crippen LogP contribution in [0.2, 0.25) is 0 Å². The fourth-order valence-electron chi connectivity index (χ4n) is 3.75. The van der Waals surface area contributed by atoms with Gasteiger partial charge in [-0.15, -0.1) is 11.3 Å². The highest BCUT2D eigenvalue weighted by atomic mass is 32.1. The second-order valence-electron chi connectivity index (χ2n) is 6.39. The first kappa shape index (κ1) is 14.6. The van der Waals surface area contributed by atoms with Gasteiger partial charge in [0.2, 0.25) is 5.78 Å². The number of aryl methyl sites for hydroxylation is 2. The largest absolute Gasteiger partial charge is 0.329 e. The summed E-state index contributed by atoms with van der Waals surface area (Å²) in [5, 5.41) is 2.07. The molecule has 1 aliphatic carbocycles. The smallest absolute Gasteiger partial charge is 0.295 e. The molecule has 0 unspecified atom stereocenters. The first-order chi connectivity index (χ1) is 11.1. The minimum Gasteiger partial charge on any atom is -0.329 e. The Labute approximate surface area is 139 Å². The number of amides is 1. The Hall–Kier alpha value is -1.94. The van der Waals surface area contributed by atoms with E-state index in [4.69, 9.17) is 0 Å². The summed E-state index contributed by atoms with van der Waals surface area (Å²) in [5.41, 5.74) is 4.29. The predicted molar refractivity (Wildman–Crippen MR) is 90.9 cm³/mol. The number of nitrogens with zero attached hydrogens (tertiary/aromatic N) is 1. The Kier molecular flexibility index (Phi) is 3.57. The number of rotatable bonds is 2. The Morgan fingerprint density at radius 1 is 1.13 bits per heavy atom. The standard InChI is InChI=1S/C19H19NO2S/c1-12-16-8-10-23-17(16)7-9-20(12)19(22)18(21)15-6-5-13-3-2-4-14(13)11-15/h5-6,8,10-12H,2-4,7,9H2,1H3/t12-/m1/s1. The van der Waals surface area contributed by atoms with E-state index >= 15 is 0 Å². The minimum atomic E-state index is -0.370. The Morgan fingerprint density at radius 3 is 2.83 bits per heavy atom. The lowest BCUT2D eigenvalue weighted by Crippen LogP contribution is -2.42. The minimum absolute atomic E-state index is 0.0177. The molecule has 2 aliphatic rings. The highest BCUT2D eigenvalue weighted by Crippen LogP contribution is 2.33. The van der Waals surface area contributed by atoms with Crippen molar-refractivity contribution in [3.63, 3.8) is 0 Å². The van der Waals surface area contributed by atoms with Crippen molar-refractivity contribution in [1.82, 2.24) is 4.90 Å². The van der Waals surface area contributed by atoms with Crippen molar-refractivity contribution in [3.8, 4) is 0 Å². The molecule has 2 heterocycles. The van der Waals surface area contributed by atoms with Gasteiger partial charge in [-0.25, -0.2) is 0 Å². The van der Waals surface area contributed by atoms with Gasteiger partial charge in [-0.3, -0.25) is 9.59 Å². The Morgan fingerprint density at radius 2 is 1.96 bits per heavy atom. The molecule has 1 aliphatic heterocycles. The van der Waals surface area contributed by atoms with Crippen LogP contribution in [0, 0.1) is 0 Å². The highest BCUT2D eigenvalue weighted by molar-refractivity contribution is 7.10. The van der Waals surface area contributed by atoms with E-state index in [0.717, 1.165) is 25.7 Å². The molecule has 0 N–H and O–H groups in total. The average Bonchev–Trinajstić information content (AvgIpc) is 3.22. The second-order valence-corrected chi connectivity index (χ2v) is 7.39. The number of Topliss-reactive ketones (excluding diaryl/α,β-unsaturated/α-hetero) is 1. The van der Waals surface area contributed by atoms with Crippen molar-refractivity contribution in [2.45, 2.75) is 38.6 Å². The van der Waals surface area contributed by atoms with Gasteiger partial charge >= 0.3 is 0 Å². The maximum atomic E-state index is 12.7. The van der Waals surface area contributed by atoms with Gasteiger partial charge in [0, 0.05) is 17.0 Å². The van der Waals surface area contributed by atoms with Gasteiger partial charge in [-0.05, 0) is 66.8 Å². The molecule has 0 radical (unpaired) electrons. The molecule has 0 bridgehead atoms. The molecular formula is C19H19NO2S. The van der Waals surface area contributed by atoms with Crippen LogP contribution in [-0.2, 0) is 24.1 Å². The lowest BCUT2D eigenvalue weighted by Gasteiger charge is -2.33. The molecule has 0 spiro atoms. The molecule has 4 rings (SSSR count). The summed E-state index contributed by atoms with van der Waals surface area (Å²) < 4.78 is 0. The molecule has 23 heavy (non-hydrogen) atoms. The van der Waals surface area contributed by atoms with Crippen LogP contribution in [0.5, 0.6) is 0 Å². The number of carbonyl (C=O) groups excluding carboxylic acids is 2. The van der Waals surface area contributed by atoms with Crippen molar-refractivity contribution >= 4 is 23.0 Å². The summed E-state index contributed by atoms with van der Waals surface area (Å²) in [5.74, 6) is -0.738. The number of hydrogen-bond acceptors (Lipinski definition) is 3. The molecular weight excluding hydrogens is 306 g/mol. The molecule has 1 aromatic heterocycles. The van der Waals surface area contributed by atoms with E-state index in [1.54, 1.807) is 16.2 Å². The highest BCUT2D eigenvalue weighted by Gasteiger charge is 2.32. The zero-order chi connectivity index (χ0) is 16.0. The molecule has 4 heteroatoms. The molecule has 0 fully saturated rings. The van der Waals surface area contributed by atoms with E-state index in [2.05, 4.69) is 11.4 Å². The summed E-state index contributed by atoms with van der Waals surface area (Å²) in [6.45, 7) is 2.64. The Bertz CT molecular complexity index is 792. The van der Waals surface area contributed by atoms with Crippen LogP contribution >= 0.6 is 11.3 Å². The van der Waals surface area contributed by atoms with Gasteiger partial charge < -0.3 is 4.90 Å². The number of carbonyl (C=O) groups is 2. The molecule has 0 saturated carbocycles. The van der Waals surface area contributed by atoms with E-state index in [1.165, 1.54) is 21.6 Å². The summed E-state index contributed by atoms with van der Waals surface area (Å²) in [6, 6.07) is 7.81. The zero-order valence-electron chi connectivity index (χ0n) is 13.2. The Balaban J connectivity index is 1.58. The summed E-state index contributed by atoms with van der Waals surface area (Å²) in [6.07, 6.45) is 4.09. The van der Waals surface area contributed by atoms with Crippen LogP contribution in [0.1, 0.15) is 51.3 Å². The molecule has 1 aromatic carbocycles. The third-order valence-electron chi connectivity index (χ3n) is 5.09. The number of benzene rings is 1. The van der Waals surface area contributed by atoms with Gasteiger partial charge in [0.05, 0.1) is 6.04 Å². The third-order valence-corrected chi connectivity index (χ3v) is 6.09. The van der Waals surface area contributed by atoms with Crippen molar-refractivity contribution in [3.05, 3.63) is 56.8 Å². The molecule has 118 valence electrons. The lowest BCUT2D eigenvalue weighted by molar-refractivity contribution is -0.128. The van der Waals surface area contributed by atoms with Crippen LogP contribution in [0.4, 0.5) is 0 Å². The van der Waals surface area contributed by atoms with Gasteiger partial charge in [0.15, 0.2) is 0 Å². The van der Waals surface area contributed by atoms with Crippen LogP contribution in [0.15, 0.2) is 29.6 Å². The fourth-order valence-corrected chi connectivity index (χ4v) is 4.72. The first-order valence-electron chi connectivity index (χ1n) is 8.18. The van der Waals surface area contributed by atoms with Crippen molar-refractivity contribution in [1.29, 1.82) is 0 Å². The van der Waals surface area contributed by atoms with E-state index in [-0.39, 0.29) is 17.7 Å². The van der Waals surface area contributed by atoms with Crippen LogP contribution in [0.25, 0.3) is 0 Å². The van der Waals surface area contributed by atoms with Gasteiger partial charge in [-0.1, -0.05) is 12.1 Å². The zero-order valence-corrected chi connectivity index (χ0v) is 14.0. The van der Waals surface area contributed by atoms with Gasteiger partial charge in [-0.2, -0.15) is 0 Å².